The van der Waals surface area contributed by atoms with Gasteiger partial charge in [0.2, 0.25) is 0 Å². The second kappa shape index (κ2) is 10.0. The van der Waals surface area contributed by atoms with Crippen LogP contribution in [0.1, 0.15) is 49.7 Å². The molecule has 0 fully saturated rings. The summed E-state index contributed by atoms with van der Waals surface area (Å²) in [4.78, 5) is 0. The molecule has 0 unspecified atom stereocenters. The van der Waals surface area contributed by atoms with Gasteiger partial charge in [0.1, 0.15) is 5.75 Å². The van der Waals surface area contributed by atoms with Crippen LogP contribution in [-0.4, -0.2) is 7.11 Å². The Balaban J connectivity index is 1.47. The van der Waals surface area contributed by atoms with Crippen molar-refractivity contribution in [2.45, 2.75) is 51.4 Å². The third-order valence-electron chi connectivity index (χ3n) is 4.18. The van der Waals surface area contributed by atoms with Crippen LogP contribution in [0.15, 0.2) is 54.6 Å². The molecule has 22 heavy (non-hydrogen) atoms. The largest absolute Gasteiger partial charge is 0.497 e. The number of benzene rings is 2. The minimum Gasteiger partial charge on any atom is -0.497 e. The highest BCUT2D eigenvalue weighted by Crippen LogP contribution is 2.15. The van der Waals surface area contributed by atoms with Crippen LogP contribution in [0.3, 0.4) is 0 Å². The van der Waals surface area contributed by atoms with Gasteiger partial charge in [0.15, 0.2) is 0 Å². The highest BCUT2D eigenvalue weighted by atomic mass is 16.5. The number of hydrogen-bond acceptors (Lipinski definition) is 1. The van der Waals surface area contributed by atoms with Crippen LogP contribution in [-0.2, 0) is 12.8 Å². The number of unbranched alkanes of at least 4 members (excludes halogenated alkanes) is 5. The lowest BCUT2D eigenvalue weighted by atomic mass is 10.0. The second-order valence-electron chi connectivity index (χ2n) is 5.95. The lowest BCUT2D eigenvalue weighted by Gasteiger charge is -2.04. The highest BCUT2D eigenvalue weighted by Gasteiger charge is 1.96. The fourth-order valence-electron chi connectivity index (χ4n) is 2.80. The molecule has 0 heterocycles. The van der Waals surface area contributed by atoms with Crippen molar-refractivity contribution in [3.05, 3.63) is 65.7 Å². The molecule has 0 saturated carbocycles. The first-order valence-electron chi connectivity index (χ1n) is 8.55. The Morgan fingerprint density at radius 3 is 1.64 bits per heavy atom. The van der Waals surface area contributed by atoms with Crippen molar-refractivity contribution in [1.82, 2.24) is 0 Å². The topological polar surface area (TPSA) is 9.23 Å². The average molecular weight is 296 g/mol. The zero-order valence-electron chi connectivity index (χ0n) is 13.8. The summed E-state index contributed by atoms with van der Waals surface area (Å²) in [5.41, 5.74) is 2.90. The van der Waals surface area contributed by atoms with Crippen LogP contribution in [0, 0.1) is 0 Å². The summed E-state index contributed by atoms with van der Waals surface area (Å²) in [5.74, 6) is 0.946. The third-order valence-corrected chi connectivity index (χ3v) is 4.18. The number of ether oxygens (including phenoxy) is 1. The van der Waals surface area contributed by atoms with E-state index in [1.165, 1.54) is 62.5 Å². The van der Waals surface area contributed by atoms with E-state index in [-0.39, 0.29) is 0 Å². The summed E-state index contributed by atoms with van der Waals surface area (Å²) in [5, 5.41) is 0. The Labute approximate surface area is 135 Å². The molecule has 0 aromatic heterocycles. The summed E-state index contributed by atoms with van der Waals surface area (Å²) in [6, 6.07) is 19.3. The number of aryl methyl sites for hydroxylation is 2. The van der Waals surface area contributed by atoms with Gasteiger partial charge in [-0.1, -0.05) is 68.1 Å². The van der Waals surface area contributed by atoms with Gasteiger partial charge in [-0.2, -0.15) is 0 Å². The van der Waals surface area contributed by atoms with Crippen molar-refractivity contribution in [3.8, 4) is 5.75 Å². The monoisotopic (exact) mass is 296 g/mol. The molecule has 0 amide bonds. The van der Waals surface area contributed by atoms with Gasteiger partial charge in [0.05, 0.1) is 7.11 Å². The molecule has 0 atom stereocenters. The maximum atomic E-state index is 5.18. The first-order valence-corrected chi connectivity index (χ1v) is 8.55. The Morgan fingerprint density at radius 1 is 0.591 bits per heavy atom. The van der Waals surface area contributed by atoms with Crippen LogP contribution < -0.4 is 4.74 Å². The average Bonchev–Trinajstić information content (AvgIpc) is 2.59. The molecule has 118 valence electrons. The lowest BCUT2D eigenvalue weighted by Crippen LogP contribution is -1.88. The Bertz CT molecular complexity index is 501. The van der Waals surface area contributed by atoms with E-state index in [9.17, 15) is 0 Å². The van der Waals surface area contributed by atoms with Crippen LogP contribution in [0.5, 0.6) is 5.75 Å². The van der Waals surface area contributed by atoms with Crippen LogP contribution in [0.4, 0.5) is 0 Å². The molecule has 1 nitrogen and oxygen atoms in total. The zero-order valence-corrected chi connectivity index (χ0v) is 13.8. The first-order chi connectivity index (χ1) is 10.9. The number of hydrogen-bond donors (Lipinski definition) is 0. The molecule has 0 radical (unpaired) electrons. The molecule has 2 aromatic rings. The quantitative estimate of drug-likeness (QED) is 0.502. The van der Waals surface area contributed by atoms with Gasteiger partial charge < -0.3 is 4.74 Å². The van der Waals surface area contributed by atoms with Crippen molar-refractivity contribution >= 4 is 0 Å². The summed E-state index contributed by atoms with van der Waals surface area (Å²) in [7, 11) is 1.72. The molecular formula is C21H28O. The van der Waals surface area contributed by atoms with Gasteiger partial charge in [-0.25, -0.2) is 0 Å². The Hall–Kier alpha value is -1.76. The van der Waals surface area contributed by atoms with E-state index in [0.717, 1.165) is 5.75 Å². The van der Waals surface area contributed by atoms with Crippen LogP contribution in [0.25, 0.3) is 0 Å². The molecule has 0 aliphatic carbocycles. The summed E-state index contributed by atoms with van der Waals surface area (Å²) in [6.45, 7) is 0. The minimum absolute atomic E-state index is 0.946. The van der Waals surface area contributed by atoms with Crippen molar-refractivity contribution in [2.24, 2.45) is 0 Å². The van der Waals surface area contributed by atoms with Crippen LogP contribution in [0.2, 0.25) is 0 Å². The van der Waals surface area contributed by atoms with Crippen molar-refractivity contribution in [1.29, 1.82) is 0 Å². The maximum Gasteiger partial charge on any atom is 0.118 e. The molecular weight excluding hydrogens is 268 g/mol. The molecule has 0 bridgehead atoms. The summed E-state index contributed by atoms with van der Waals surface area (Å²) >= 11 is 0. The van der Waals surface area contributed by atoms with E-state index in [0.29, 0.717) is 0 Å². The molecule has 0 N–H and O–H groups in total. The molecule has 0 spiro atoms. The molecule has 0 aliphatic rings. The summed E-state index contributed by atoms with van der Waals surface area (Å²) in [6.07, 6.45) is 10.5. The highest BCUT2D eigenvalue weighted by molar-refractivity contribution is 5.27. The maximum absolute atomic E-state index is 5.18. The predicted molar refractivity (Wildman–Crippen MR) is 94.5 cm³/mol. The van der Waals surface area contributed by atoms with Crippen LogP contribution >= 0.6 is 0 Å². The van der Waals surface area contributed by atoms with Gasteiger partial charge in [0.25, 0.3) is 0 Å². The normalized spacial score (nSPS) is 10.6. The van der Waals surface area contributed by atoms with Gasteiger partial charge in [0, 0.05) is 0 Å². The van der Waals surface area contributed by atoms with Gasteiger partial charge in [-0.15, -0.1) is 0 Å². The molecule has 0 aliphatic heterocycles. The first kappa shape index (κ1) is 16.6. The zero-order chi connectivity index (χ0) is 15.5. The standard InChI is InChI=1S/C21H28O/c1-22-21-17-15-20(16-18-21)14-8-5-3-2-4-7-11-19-12-9-6-10-13-19/h6,9-10,12-13,15-18H,2-5,7-8,11,14H2,1H3. The minimum atomic E-state index is 0.946. The van der Waals surface area contributed by atoms with Crippen molar-refractivity contribution in [3.63, 3.8) is 0 Å². The second-order valence-corrected chi connectivity index (χ2v) is 5.95. The molecule has 2 rings (SSSR count). The van der Waals surface area contributed by atoms with Gasteiger partial charge >= 0.3 is 0 Å². The lowest BCUT2D eigenvalue weighted by molar-refractivity contribution is 0.414. The number of methoxy groups -OCH3 is 1. The number of rotatable bonds is 10. The fraction of sp³-hybridized carbons (Fsp3) is 0.429. The van der Waals surface area contributed by atoms with E-state index in [1.54, 1.807) is 7.11 Å². The van der Waals surface area contributed by atoms with E-state index < -0.39 is 0 Å². The van der Waals surface area contributed by atoms with Crippen molar-refractivity contribution in [2.75, 3.05) is 7.11 Å². The van der Waals surface area contributed by atoms with E-state index in [4.69, 9.17) is 4.74 Å². The van der Waals surface area contributed by atoms with E-state index in [2.05, 4.69) is 54.6 Å². The van der Waals surface area contributed by atoms with E-state index >= 15 is 0 Å². The van der Waals surface area contributed by atoms with E-state index in [1.807, 2.05) is 0 Å². The molecule has 2 aromatic carbocycles. The van der Waals surface area contributed by atoms with Gasteiger partial charge in [-0.05, 0) is 48.9 Å². The molecule has 1 heteroatoms. The van der Waals surface area contributed by atoms with Gasteiger partial charge in [-0.3, -0.25) is 0 Å². The molecule has 0 saturated heterocycles. The Kier molecular flexibility index (Phi) is 7.59. The third kappa shape index (κ3) is 6.34. The SMILES string of the molecule is COc1ccc(CCCCCCCCc2ccccc2)cc1. The Morgan fingerprint density at radius 2 is 1.09 bits per heavy atom. The van der Waals surface area contributed by atoms with Crippen molar-refractivity contribution < 1.29 is 4.74 Å². The fourth-order valence-corrected chi connectivity index (χ4v) is 2.80. The smallest absolute Gasteiger partial charge is 0.118 e. The predicted octanol–water partition coefficient (Wildman–Crippen LogP) is 5.82. The summed E-state index contributed by atoms with van der Waals surface area (Å²) < 4.78 is 5.18.